The number of halogens is 1. The summed E-state index contributed by atoms with van der Waals surface area (Å²) < 4.78 is 51.5. The summed E-state index contributed by atoms with van der Waals surface area (Å²) in [6.45, 7) is -0.304. The molecule has 0 spiro atoms. The fraction of sp³-hybridized carbons (Fsp3) is 0.400. The second-order valence-electron chi connectivity index (χ2n) is 3.87. The van der Waals surface area contributed by atoms with Gasteiger partial charge in [-0.15, -0.1) is 0 Å². The average Bonchev–Trinajstić information content (AvgIpc) is 2.28. The molecule has 1 saturated heterocycles. The molecule has 1 heterocycles. The number of rotatable bonds is 2. The van der Waals surface area contributed by atoms with Crippen LogP contribution in [0.25, 0.3) is 0 Å². The van der Waals surface area contributed by atoms with Crippen LogP contribution < -0.4 is 0 Å². The third-order valence-corrected chi connectivity index (χ3v) is 7.92. The van der Waals surface area contributed by atoms with E-state index in [0.717, 1.165) is 0 Å². The van der Waals surface area contributed by atoms with Gasteiger partial charge in [-0.3, -0.25) is 0 Å². The van der Waals surface area contributed by atoms with Crippen molar-refractivity contribution in [2.75, 3.05) is 19.0 Å². The molecule has 1 unspecified atom stereocenters. The van der Waals surface area contributed by atoms with Gasteiger partial charge in [-0.1, -0.05) is 17.7 Å². The monoisotopic (exact) mass is 310 g/mol. The van der Waals surface area contributed by atoms with Crippen molar-refractivity contribution in [2.24, 2.45) is 0 Å². The van der Waals surface area contributed by atoms with Gasteiger partial charge in [-0.25, -0.2) is 16.8 Å². The smallest absolute Gasteiger partial charge is 0.197 e. The van der Waals surface area contributed by atoms with E-state index in [9.17, 15) is 16.8 Å². The first-order valence-corrected chi connectivity index (χ1v) is 8.77. The predicted molar refractivity (Wildman–Crippen MR) is 67.0 cm³/mol. The lowest BCUT2D eigenvalue weighted by Gasteiger charge is -2.22. The highest BCUT2D eigenvalue weighted by Gasteiger charge is 2.41. The summed E-state index contributed by atoms with van der Waals surface area (Å²) in [6.07, 6.45) is 0. The van der Waals surface area contributed by atoms with E-state index < -0.39 is 24.3 Å². The van der Waals surface area contributed by atoms with Gasteiger partial charge < -0.3 is 4.74 Å². The lowest BCUT2D eigenvalue weighted by atomic mass is 10.4. The highest BCUT2D eigenvalue weighted by Crippen LogP contribution is 2.25. The second-order valence-corrected chi connectivity index (χ2v) is 9.04. The van der Waals surface area contributed by atoms with Crippen LogP contribution in [0.2, 0.25) is 5.02 Å². The van der Waals surface area contributed by atoms with E-state index in [1.54, 1.807) is 0 Å². The van der Waals surface area contributed by atoms with Gasteiger partial charge in [0.25, 0.3) is 0 Å². The summed E-state index contributed by atoms with van der Waals surface area (Å²) in [6, 6.07) is 5.55. The molecule has 18 heavy (non-hydrogen) atoms. The fourth-order valence-electron chi connectivity index (χ4n) is 1.67. The first kappa shape index (κ1) is 13.8. The van der Waals surface area contributed by atoms with Crippen LogP contribution in [0.5, 0.6) is 0 Å². The van der Waals surface area contributed by atoms with Crippen molar-refractivity contribution in [3.05, 3.63) is 29.3 Å². The molecule has 1 aliphatic heterocycles. The van der Waals surface area contributed by atoms with Crippen LogP contribution >= 0.6 is 11.6 Å². The minimum atomic E-state index is -3.99. The normalized spacial score (nSPS) is 23.7. The maximum absolute atomic E-state index is 12.2. The second kappa shape index (κ2) is 4.80. The third kappa shape index (κ3) is 2.54. The van der Waals surface area contributed by atoms with Crippen molar-refractivity contribution < 1.29 is 21.6 Å². The van der Waals surface area contributed by atoms with E-state index in [2.05, 4.69) is 0 Å². The molecule has 1 atom stereocenters. The zero-order valence-corrected chi connectivity index (χ0v) is 11.6. The number of ether oxygens (including phenoxy) is 1. The van der Waals surface area contributed by atoms with Gasteiger partial charge in [0.15, 0.2) is 24.3 Å². The van der Waals surface area contributed by atoms with Crippen molar-refractivity contribution in [1.82, 2.24) is 0 Å². The van der Waals surface area contributed by atoms with Crippen LogP contribution in [-0.4, -0.2) is 40.4 Å². The predicted octanol–water partition coefficient (Wildman–Crippen LogP) is 0.885. The SMILES string of the molecule is O=S1(=O)CCOCC1S(=O)(=O)c1cccc(Cl)c1. The van der Waals surface area contributed by atoms with Crippen LogP contribution in [-0.2, 0) is 24.4 Å². The van der Waals surface area contributed by atoms with Crippen LogP contribution in [0.1, 0.15) is 0 Å². The molecule has 1 aliphatic rings. The molecule has 0 saturated carbocycles. The van der Waals surface area contributed by atoms with Crippen LogP contribution in [0.4, 0.5) is 0 Å². The van der Waals surface area contributed by atoms with E-state index in [4.69, 9.17) is 16.3 Å². The number of hydrogen-bond acceptors (Lipinski definition) is 5. The van der Waals surface area contributed by atoms with Gasteiger partial charge in [-0.05, 0) is 18.2 Å². The van der Waals surface area contributed by atoms with Crippen LogP contribution in [0.15, 0.2) is 29.2 Å². The lowest BCUT2D eigenvalue weighted by Crippen LogP contribution is -2.41. The Bertz CT molecular complexity index is 651. The Morgan fingerprint density at radius 2 is 2.06 bits per heavy atom. The van der Waals surface area contributed by atoms with Gasteiger partial charge in [0.2, 0.25) is 0 Å². The molecule has 0 N–H and O–H groups in total. The molecule has 100 valence electrons. The van der Waals surface area contributed by atoms with E-state index in [0.29, 0.717) is 0 Å². The minimum Gasteiger partial charge on any atom is -0.378 e. The van der Waals surface area contributed by atoms with Crippen molar-refractivity contribution in [3.63, 3.8) is 0 Å². The van der Waals surface area contributed by atoms with E-state index in [1.807, 2.05) is 0 Å². The molecule has 1 aromatic rings. The Kier molecular flexibility index (Phi) is 3.68. The third-order valence-electron chi connectivity index (χ3n) is 2.64. The van der Waals surface area contributed by atoms with Gasteiger partial charge >= 0.3 is 0 Å². The van der Waals surface area contributed by atoms with Gasteiger partial charge in [0, 0.05) is 5.02 Å². The van der Waals surface area contributed by atoms with Crippen LogP contribution in [0.3, 0.4) is 0 Å². The Balaban J connectivity index is 2.49. The largest absolute Gasteiger partial charge is 0.378 e. The van der Waals surface area contributed by atoms with Crippen molar-refractivity contribution >= 4 is 31.3 Å². The Hall–Kier alpha value is -0.630. The van der Waals surface area contributed by atoms with Gasteiger partial charge in [0.05, 0.1) is 23.9 Å². The molecule has 8 heteroatoms. The summed E-state index contributed by atoms with van der Waals surface area (Å²) in [4.78, 5) is -0.103. The Labute approximate surface area is 111 Å². The molecule has 0 bridgehead atoms. The quantitative estimate of drug-likeness (QED) is 0.810. The summed E-state index contributed by atoms with van der Waals surface area (Å²) in [5, 5.41) is 0.241. The molecule has 2 rings (SSSR count). The van der Waals surface area contributed by atoms with Crippen molar-refractivity contribution in [2.45, 2.75) is 9.48 Å². The summed E-state index contributed by atoms with van der Waals surface area (Å²) in [7, 11) is -7.69. The fourth-order valence-corrected chi connectivity index (χ4v) is 6.14. The molecule has 5 nitrogen and oxygen atoms in total. The number of hydrogen-bond donors (Lipinski definition) is 0. The number of sulfone groups is 2. The van der Waals surface area contributed by atoms with Crippen molar-refractivity contribution in [3.8, 4) is 0 Å². The van der Waals surface area contributed by atoms with E-state index in [1.165, 1.54) is 24.3 Å². The standard InChI is InChI=1S/C10H11ClO5S2/c11-8-2-1-3-9(6-8)18(14,15)10-7-16-4-5-17(10,12)13/h1-3,6,10H,4-5,7H2. The number of benzene rings is 1. The van der Waals surface area contributed by atoms with E-state index in [-0.39, 0.29) is 28.9 Å². The highest BCUT2D eigenvalue weighted by atomic mass is 35.5. The molecule has 0 amide bonds. The summed E-state index contributed by atoms with van der Waals surface area (Å²) in [5.41, 5.74) is 0. The molecule has 0 aliphatic carbocycles. The van der Waals surface area contributed by atoms with Gasteiger partial charge in [-0.2, -0.15) is 0 Å². The average molecular weight is 311 g/mol. The van der Waals surface area contributed by atoms with Crippen LogP contribution in [0, 0.1) is 0 Å². The Morgan fingerprint density at radius 1 is 1.33 bits per heavy atom. The van der Waals surface area contributed by atoms with E-state index >= 15 is 0 Å². The Morgan fingerprint density at radius 3 is 2.67 bits per heavy atom. The first-order chi connectivity index (χ1) is 8.34. The van der Waals surface area contributed by atoms with Gasteiger partial charge in [0.1, 0.15) is 0 Å². The highest BCUT2D eigenvalue weighted by molar-refractivity contribution is 8.09. The molecule has 0 aromatic heterocycles. The first-order valence-electron chi connectivity index (χ1n) is 5.13. The summed E-state index contributed by atoms with van der Waals surface area (Å²) in [5.74, 6) is -0.280. The zero-order chi connectivity index (χ0) is 13.4. The molecule has 1 fully saturated rings. The topological polar surface area (TPSA) is 77.5 Å². The molecular weight excluding hydrogens is 300 g/mol. The maximum atomic E-state index is 12.2. The molecule has 1 aromatic carbocycles. The lowest BCUT2D eigenvalue weighted by molar-refractivity contribution is 0.149. The molecule has 0 radical (unpaired) electrons. The zero-order valence-electron chi connectivity index (χ0n) is 9.24. The molecular formula is C10H11ClO5S2. The maximum Gasteiger partial charge on any atom is 0.197 e. The summed E-state index contributed by atoms with van der Waals surface area (Å²) >= 11 is 5.72. The van der Waals surface area contributed by atoms with Crippen molar-refractivity contribution in [1.29, 1.82) is 0 Å². The minimum absolute atomic E-state index is 0.0316.